The second kappa shape index (κ2) is 8.70. The summed E-state index contributed by atoms with van der Waals surface area (Å²) in [6.07, 6.45) is 1.07. The maximum Gasteiger partial charge on any atom is 0.256 e. The van der Waals surface area contributed by atoms with Gasteiger partial charge in [0, 0.05) is 19.7 Å². The first-order chi connectivity index (χ1) is 15.6. The van der Waals surface area contributed by atoms with E-state index in [1.807, 2.05) is 48.7 Å². The molecule has 2 aromatic heterocycles. The summed E-state index contributed by atoms with van der Waals surface area (Å²) in [6, 6.07) is 14.8. The maximum atomic E-state index is 13.5. The van der Waals surface area contributed by atoms with E-state index in [-0.39, 0.29) is 18.1 Å². The fraction of sp³-hybridized carbons (Fsp3) is 0.261. The molecule has 0 saturated carbocycles. The number of sulfonamides is 1. The third-order valence-electron chi connectivity index (χ3n) is 5.17. The molecule has 2 heterocycles. The van der Waals surface area contributed by atoms with Crippen LogP contribution in [-0.2, 0) is 23.1 Å². The van der Waals surface area contributed by atoms with Gasteiger partial charge in [-0.1, -0.05) is 35.5 Å². The fourth-order valence-corrected chi connectivity index (χ4v) is 4.33. The standard InChI is InChI=1S/C23H25N5O4S/c1-15-10-19(32-25-15)14-27(3)23(29)20-11-18(26-33(4,30)31)12-21-22(20)28(16(2)24-21)13-17-8-6-5-7-9-17/h5-12,26H,13-14H2,1-4H3. The third kappa shape index (κ3) is 5.06. The van der Waals surface area contributed by atoms with Crippen LogP contribution in [0.15, 0.2) is 53.1 Å². The average Bonchev–Trinajstić information content (AvgIpc) is 3.28. The zero-order valence-electron chi connectivity index (χ0n) is 18.9. The highest BCUT2D eigenvalue weighted by Gasteiger charge is 2.23. The molecule has 0 bridgehead atoms. The number of rotatable bonds is 7. The van der Waals surface area contributed by atoms with E-state index in [1.54, 1.807) is 25.2 Å². The number of nitrogens with one attached hydrogen (secondary N) is 1. The van der Waals surface area contributed by atoms with Gasteiger partial charge in [-0.15, -0.1) is 0 Å². The summed E-state index contributed by atoms with van der Waals surface area (Å²) in [5.41, 5.74) is 3.58. The molecule has 0 aliphatic heterocycles. The number of anilines is 1. The molecule has 1 amide bonds. The van der Waals surface area contributed by atoms with Gasteiger partial charge in [-0.25, -0.2) is 13.4 Å². The van der Waals surface area contributed by atoms with Crippen LogP contribution in [0.3, 0.4) is 0 Å². The lowest BCUT2D eigenvalue weighted by Gasteiger charge is -2.18. The Balaban J connectivity index is 1.82. The average molecular weight is 468 g/mol. The molecule has 2 aromatic carbocycles. The van der Waals surface area contributed by atoms with Gasteiger partial charge < -0.3 is 14.0 Å². The molecule has 0 saturated heterocycles. The summed E-state index contributed by atoms with van der Waals surface area (Å²) < 4.78 is 33.4. The Hall–Kier alpha value is -3.66. The van der Waals surface area contributed by atoms with E-state index < -0.39 is 10.0 Å². The Morgan fingerprint density at radius 1 is 1.15 bits per heavy atom. The second-order valence-electron chi connectivity index (χ2n) is 8.09. The van der Waals surface area contributed by atoms with Crippen molar-refractivity contribution in [3.05, 3.63) is 76.9 Å². The van der Waals surface area contributed by atoms with Crippen LogP contribution in [0, 0.1) is 13.8 Å². The molecule has 4 aromatic rings. The molecule has 0 fully saturated rings. The van der Waals surface area contributed by atoms with Crippen LogP contribution in [0.2, 0.25) is 0 Å². The zero-order chi connectivity index (χ0) is 23.8. The lowest BCUT2D eigenvalue weighted by molar-refractivity contribution is 0.0774. The molecule has 10 heteroatoms. The summed E-state index contributed by atoms with van der Waals surface area (Å²) in [6.45, 7) is 4.41. The highest BCUT2D eigenvalue weighted by atomic mass is 32.2. The number of hydrogen-bond donors (Lipinski definition) is 1. The van der Waals surface area contributed by atoms with Crippen molar-refractivity contribution in [3.8, 4) is 0 Å². The van der Waals surface area contributed by atoms with Gasteiger partial charge >= 0.3 is 0 Å². The van der Waals surface area contributed by atoms with E-state index in [0.29, 0.717) is 34.7 Å². The predicted octanol–water partition coefficient (Wildman–Crippen LogP) is 3.33. The van der Waals surface area contributed by atoms with Crippen LogP contribution in [0.4, 0.5) is 5.69 Å². The van der Waals surface area contributed by atoms with Crippen molar-refractivity contribution in [2.45, 2.75) is 26.9 Å². The topological polar surface area (TPSA) is 110 Å². The lowest BCUT2D eigenvalue weighted by atomic mass is 10.1. The van der Waals surface area contributed by atoms with E-state index in [2.05, 4.69) is 14.9 Å². The molecular weight excluding hydrogens is 442 g/mol. The second-order valence-corrected chi connectivity index (χ2v) is 9.84. The maximum absolute atomic E-state index is 13.5. The van der Waals surface area contributed by atoms with Crippen LogP contribution in [0.25, 0.3) is 11.0 Å². The number of carbonyl (C=O) groups excluding carboxylic acids is 1. The van der Waals surface area contributed by atoms with Gasteiger partial charge in [0.2, 0.25) is 10.0 Å². The van der Waals surface area contributed by atoms with Crippen molar-refractivity contribution in [1.82, 2.24) is 19.6 Å². The van der Waals surface area contributed by atoms with Gasteiger partial charge in [0.25, 0.3) is 5.91 Å². The minimum Gasteiger partial charge on any atom is -0.359 e. The molecule has 0 atom stereocenters. The Morgan fingerprint density at radius 2 is 1.88 bits per heavy atom. The van der Waals surface area contributed by atoms with Gasteiger partial charge in [0.1, 0.15) is 5.82 Å². The number of aromatic nitrogens is 3. The summed E-state index contributed by atoms with van der Waals surface area (Å²) in [5.74, 6) is 0.979. The molecule has 0 unspecified atom stereocenters. The Bertz CT molecular complexity index is 1420. The molecule has 0 aliphatic rings. The zero-order valence-corrected chi connectivity index (χ0v) is 19.7. The Labute approximate surface area is 192 Å². The highest BCUT2D eigenvalue weighted by Crippen LogP contribution is 2.28. The van der Waals surface area contributed by atoms with Crippen LogP contribution in [0.1, 0.15) is 33.2 Å². The predicted molar refractivity (Wildman–Crippen MR) is 126 cm³/mol. The molecular formula is C23H25N5O4S. The number of carbonyl (C=O) groups is 1. The van der Waals surface area contributed by atoms with Crippen LogP contribution in [0.5, 0.6) is 0 Å². The molecule has 0 spiro atoms. The smallest absolute Gasteiger partial charge is 0.256 e. The van der Waals surface area contributed by atoms with Gasteiger partial charge in [-0.2, -0.15) is 0 Å². The largest absolute Gasteiger partial charge is 0.359 e. The van der Waals surface area contributed by atoms with Crippen LogP contribution >= 0.6 is 0 Å². The monoisotopic (exact) mass is 467 g/mol. The first kappa shape index (κ1) is 22.5. The quantitative estimate of drug-likeness (QED) is 0.446. The summed E-state index contributed by atoms with van der Waals surface area (Å²) in [4.78, 5) is 19.7. The van der Waals surface area contributed by atoms with Crippen LogP contribution < -0.4 is 4.72 Å². The van der Waals surface area contributed by atoms with Gasteiger partial charge in [0.05, 0.1) is 40.8 Å². The summed E-state index contributed by atoms with van der Waals surface area (Å²) >= 11 is 0. The molecule has 1 N–H and O–H groups in total. The molecule has 9 nitrogen and oxygen atoms in total. The van der Waals surface area contributed by atoms with Crippen molar-refractivity contribution < 1.29 is 17.7 Å². The minimum atomic E-state index is -3.54. The van der Waals surface area contributed by atoms with Crippen molar-refractivity contribution in [1.29, 1.82) is 0 Å². The number of hydrogen-bond acceptors (Lipinski definition) is 6. The molecule has 33 heavy (non-hydrogen) atoms. The van der Waals surface area contributed by atoms with E-state index in [0.717, 1.165) is 17.5 Å². The molecule has 0 radical (unpaired) electrons. The minimum absolute atomic E-state index is 0.219. The summed E-state index contributed by atoms with van der Waals surface area (Å²) in [7, 11) is -1.88. The van der Waals surface area contributed by atoms with Crippen molar-refractivity contribution in [2.75, 3.05) is 18.0 Å². The molecule has 0 aliphatic carbocycles. The summed E-state index contributed by atoms with van der Waals surface area (Å²) in [5, 5.41) is 3.87. The van der Waals surface area contributed by atoms with Crippen LogP contribution in [-0.4, -0.2) is 47.2 Å². The molecule has 172 valence electrons. The van der Waals surface area contributed by atoms with E-state index in [9.17, 15) is 13.2 Å². The van der Waals surface area contributed by atoms with Crippen molar-refractivity contribution in [2.24, 2.45) is 0 Å². The first-order valence-electron chi connectivity index (χ1n) is 10.3. The number of imidazole rings is 1. The van der Waals surface area contributed by atoms with Crippen molar-refractivity contribution in [3.63, 3.8) is 0 Å². The lowest BCUT2D eigenvalue weighted by Crippen LogP contribution is -2.27. The number of benzene rings is 2. The number of nitrogens with zero attached hydrogens (tertiary/aromatic N) is 4. The Morgan fingerprint density at radius 3 is 2.52 bits per heavy atom. The number of amides is 1. The number of aryl methyl sites for hydroxylation is 2. The highest BCUT2D eigenvalue weighted by molar-refractivity contribution is 7.92. The van der Waals surface area contributed by atoms with Gasteiger partial charge in [-0.3, -0.25) is 9.52 Å². The fourth-order valence-electron chi connectivity index (χ4n) is 3.78. The molecule has 4 rings (SSSR count). The van der Waals surface area contributed by atoms with E-state index >= 15 is 0 Å². The number of fused-ring (bicyclic) bond motifs is 1. The first-order valence-corrected chi connectivity index (χ1v) is 12.2. The normalized spacial score (nSPS) is 11.6. The van der Waals surface area contributed by atoms with E-state index in [4.69, 9.17) is 4.52 Å². The Kier molecular flexibility index (Phi) is 5.94. The SMILES string of the molecule is Cc1cc(CN(C)C(=O)c2cc(NS(C)(=O)=O)cc3nc(C)n(Cc4ccccc4)c23)on1. The van der Waals surface area contributed by atoms with Gasteiger partial charge in [0.15, 0.2) is 5.76 Å². The third-order valence-corrected chi connectivity index (χ3v) is 5.77. The van der Waals surface area contributed by atoms with E-state index in [1.165, 1.54) is 4.90 Å². The van der Waals surface area contributed by atoms with Crippen molar-refractivity contribution >= 4 is 32.7 Å². The van der Waals surface area contributed by atoms with Gasteiger partial charge in [-0.05, 0) is 31.5 Å².